The van der Waals surface area contributed by atoms with Gasteiger partial charge in [0.2, 0.25) is 0 Å². The molecule has 5 nitrogen and oxygen atoms in total. The maximum atomic E-state index is 11.3. The second-order valence-electron chi connectivity index (χ2n) is 2.64. The highest BCUT2D eigenvalue weighted by atomic mass is 35.5. The number of nitrogens with one attached hydrogen (secondary N) is 1. The summed E-state index contributed by atoms with van der Waals surface area (Å²) in [4.78, 5) is 11.3. The highest BCUT2D eigenvalue weighted by Crippen LogP contribution is 2.29. The number of benzene rings is 1. The molecule has 1 N–H and O–H groups in total. The Morgan fingerprint density at radius 3 is 2.56 bits per heavy atom. The summed E-state index contributed by atoms with van der Waals surface area (Å²) in [5.74, 6) is -0.679. The van der Waals surface area contributed by atoms with E-state index in [1.165, 1.54) is 19.2 Å². The van der Waals surface area contributed by atoms with Gasteiger partial charge in [-0.25, -0.2) is 4.79 Å². The third kappa shape index (κ3) is 3.08. The number of hydrogen-bond donors (Lipinski definition) is 1. The van der Waals surface area contributed by atoms with Crippen molar-refractivity contribution >= 4 is 46.1 Å². The van der Waals surface area contributed by atoms with Gasteiger partial charge in [-0.1, -0.05) is 23.2 Å². The second kappa shape index (κ2) is 5.49. The van der Waals surface area contributed by atoms with Crippen molar-refractivity contribution in [3.05, 3.63) is 27.7 Å². The van der Waals surface area contributed by atoms with Crippen molar-refractivity contribution in [1.29, 1.82) is 0 Å². The Morgan fingerprint density at radius 1 is 1.44 bits per heavy atom. The molecule has 1 atom stereocenters. The van der Waals surface area contributed by atoms with Crippen LogP contribution in [0.5, 0.6) is 0 Å². The van der Waals surface area contributed by atoms with Crippen molar-refractivity contribution in [2.75, 3.05) is 11.8 Å². The number of methoxy groups -OCH3 is 1. The fourth-order valence-electron chi connectivity index (χ4n) is 0.983. The van der Waals surface area contributed by atoms with Gasteiger partial charge in [0.1, 0.15) is 0 Å². The largest absolute Gasteiger partial charge is 0.755 e. The lowest BCUT2D eigenvalue weighted by atomic mass is 10.2. The van der Waals surface area contributed by atoms with Crippen molar-refractivity contribution in [3.63, 3.8) is 0 Å². The normalized spacial score (nSPS) is 12.0. The molecule has 1 aromatic rings. The lowest BCUT2D eigenvalue weighted by molar-refractivity contribution is 0.0601. The van der Waals surface area contributed by atoms with Gasteiger partial charge >= 0.3 is 5.97 Å². The first-order chi connectivity index (χ1) is 7.45. The van der Waals surface area contributed by atoms with Gasteiger partial charge < -0.3 is 14.0 Å². The summed E-state index contributed by atoms with van der Waals surface area (Å²) in [5, 5.41) is 0.168. The highest BCUT2D eigenvalue weighted by molar-refractivity contribution is 7.80. The summed E-state index contributed by atoms with van der Waals surface area (Å²) in [6, 6.07) is 2.46. The molecule has 0 aromatic heterocycles. The van der Waals surface area contributed by atoms with E-state index >= 15 is 0 Å². The Morgan fingerprint density at radius 2 is 2.06 bits per heavy atom. The van der Waals surface area contributed by atoms with E-state index in [0.717, 1.165) is 0 Å². The first kappa shape index (κ1) is 13.2. The van der Waals surface area contributed by atoms with Crippen LogP contribution in [-0.2, 0) is 16.0 Å². The molecule has 0 saturated carbocycles. The quantitative estimate of drug-likeness (QED) is 0.679. The van der Waals surface area contributed by atoms with E-state index in [2.05, 4.69) is 4.74 Å². The lowest BCUT2D eigenvalue weighted by Crippen LogP contribution is -2.07. The molecule has 0 saturated heterocycles. The third-order valence-electron chi connectivity index (χ3n) is 1.66. The van der Waals surface area contributed by atoms with Crippen LogP contribution in [0.1, 0.15) is 10.4 Å². The molecule has 0 heterocycles. The zero-order chi connectivity index (χ0) is 12.3. The molecular weight excluding hydrogens is 277 g/mol. The first-order valence-corrected chi connectivity index (χ1v) is 5.72. The van der Waals surface area contributed by atoms with Crippen molar-refractivity contribution in [2.45, 2.75) is 0 Å². The Kier molecular flexibility index (Phi) is 4.55. The molecule has 0 bridgehead atoms. The number of halogens is 2. The van der Waals surface area contributed by atoms with E-state index < -0.39 is 17.2 Å². The predicted molar refractivity (Wildman–Crippen MR) is 60.3 cm³/mol. The minimum absolute atomic E-state index is 0.0292. The molecule has 8 heteroatoms. The van der Waals surface area contributed by atoms with Gasteiger partial charge in [-0.3, -0.25) is 4.21 Å². The van der Waals surface area contributed by atoms with Crippen LogP contribution >= 0.6 is 23.2 Å². The molecule has 0 aliphatic carbocycles. The van der Waals surface area contributed by atoms with Crippen molar-refractivity contribution in [3.8, 4) is 0 Å². The summed E-state index contributed by atoms with van der Waals surface area (Å²) in [7, 11) is 1.19. The molecule has 0 fully saturated rings. The van der Waals surface area contributed by atoms with E-state index in [1.54, 1.807) is 0 Å². The van der Waals surface area contributed by atoms with Gasteiger partial charge in [0.15, 0.2) is 0 Å². The lowest BCUT2D eigenvalue weighted by Gasteiger charge is -2.12. The van der Waals surface area contributed by atoms with Crippen molar-refractivity contribution in [1.82, 2.24) is 0 Å². The van der Waals surface area contributed by atoms with E-state index in [-0.39, 0.29) is 21.3 Å². The molecular formula is C8H6Cl2NO4S-. The third-order valence-corrected chi connectivity index (χ3v) is 2.67. The van der Waals surface area contributed by atoms with Gasteiger partial charge in [0.05, 0.1) is 28.4 Å². The fourth-order valence-corrected chi connectivity index (χ4v) is 1.90. The summed E-state index contributed by atoms with van der Waals surface area (Å²) in [5.41, 5.74) is 0.0846. The number of ether oxygens (including phenoxy) is 1. The van der Waals surface area contributed by atoms with Gasteiger partial charge in [-0.15, -0.1) is 0 Å². The van der Waals surface area contributed by atoms with Crippen LogP contribution in [-0.4, -0.2) is 21.8 Å². The standard InChI is InChI=1S/C8H7Cl2NO4S/c1-15-8(12)4-2-7(11-16(13)14)6(10)3-5(4)9/h2-3,11H,1H3,(H,13,14)/p-1. The van der Waals surface area contributed by atoms with Crippen LogP contribution < -0.4 is 4.72 Å². The Hall–Kier alpha value is -0.820. The Labute approximate surface area is 104 Å². The van der Waals surface area contributed by atoms with E-state index in [9.17, 15) is 13.6 Å². The maximum absolute atomic E-state index is 11.3. The molecule has 16 heavy (non-hydrogen) atoms. The molecule has 0 spiro atoms. The van der Waals surface area contributed by atoms with Crippen LogP contribution in [0.25, 0.3) is 0 Å². The van der Waals surface area contributed by atoms with Gasteiger partial charge in [0, 0.05) is 11.3 Å². The number of anilines is 1. The maximum Gasteiger partial charge on any atom is 0.339 e. The summed E-state index contributed by atoms with van der Waals surface area (Å²) < 4.78 is 27.4. The van der Waals surface area contributed by atoms with Crippen LogP contribution in [0.4, 0.5) is 5.69 Å². The van der Waals surface area contributed by atoms with Crippen molar-refractivity contribution in [2.24, 2.45) is 0 Å². The average molecular weight is 283 g/mol. The van der Waals surface area contributed by atoms with Crippen LogP contribution in [0.2, 0.25) is 10.0 Å². The van der Waals surface area contributed by atoms with E-state index in [1.807, 2.05) is 4.72 Å². The van der Waals surface area contributed by atoms with Gasteiger partial charge in [-0.2, -0.15) is 0 Å². The zero-order valence-corrected chi connectivity index (χ0v) is 10.3. The Balaban J connectivity index is 3.21. The highest BCUT2D eigenvalue weighted by Gasteiger charge is 2.14. The SMILES string of the molecule is COC(=O)c1cc(NS(=O)[O-])c(Cl)cc1Cl. The summed E-state index contributed by atoms with van der Waals surface area (Å²) >= 11 is 8.93. The molecule has 0 aliphatic rings. The predicted octanol–water partition coefficient (Wildman–Crippen LogP) is 1.99. The number of carbonyl (C=O) groups excluding carboxylic acids is 1. The number of esters is 1. The average Bonchev–Trinajstić information content (AvgIpc) is 2.20. The topological polar surface area (TPSA) is 78.5 Å². The molecule has 88 valence electrons. The van der Waals surface area contributed by atoms with Crippen LogP contribution in [0.3, 0.4) is 0 Å². The minimum Gasteiger partial charge on any atom is -0.755 e. The summed E-state index contributed by atoms with van der Waals surface area (Å²) in [6.07, 6.45) is 0. The number of carbonyl (C=O) groups is 1. The number of rotatable bonds is 3. The molecule has 1 unspecified atom stereocenters. The first-order valence-electron chi connectivity index (χ1n) is 3.89. The van der Waals surface area contributed by atoms with E-state index in [4.69, 9.17) is 23.2 Å². The zero-order valence-electron chi connectivity index (χ0n) is 7.95. The second-order valence-corrected chi connectivity index (χ2v) is 4.13. The van der Waals surface area contributed by atoms with Gasteiger partial charge in [-0.05, 0) is 12.1 Å². The summed E-state index contributed by atoms with van der Waals surface area (Å²) in [6.45, 7) is 0. The minimum atomic E-state index is -2.54. The smallest absolute Gasteiger partial charge is 0.339 e. The van der Waals surface area contributed by atoms with Gasteiger partial charge in [0.25, 0.3) is 0 Å². The molecule has 1 rings (SSSR count). The molecule has 0 amide bonds. The fraction of sp³-hybridized carbons (Fsp3) is 0.125. The Bertz CT molecular complexity index is 452. The molecule has 0 aliphatic heterocycles. The van der Waals surface area contributed by atoms with E-state index in [0.29, 0.717) is 0 Å². The van der Waals surface area contributed by atoms with Crippen LogP contribution in [0, 0.1) is 0 Å². The number of hydrogen-bond acceptors (Lipinski definition) is 4. The monoisotopic (exact) mass is 282 g/mol. The van der Waals surface area contributed by atoms with Crippen molar-refractivity contribution < 1.29 is 18.3 Å². The molecule has 1 aromatic carbocycles. The van der Waals surface area contributed by atoms with Crippen LogP contribution in [0.15, 0.2) is 12.1 Å². The molecule has 0 radical (unpaired) electrons.